The predicted octanol–water partition coefficient (Wildman–Crippen LogP) is -1.53. The van der Waals surface area contributed by atoms with E-state index in [1.54, 1.807) is 0 Å². The van der Waals surface area contributed by atoms with Gasteiger partial charge in [-0.15, -0.1) is 0 Å². The van der Waals surface area contributed by atoms with Crippen LogP contribution in [0.4, 0.5) is 5.82 Å². The Morgan fingerprint density at radius 2 is 1.85 bits per heavy atom. The van der Waals surface area contributed by atoms with Gasteiger partial charge in [-0.1, -0.05) is 0 Å². The number of hydroxylamine groups is 2. The number of piperazine rings is 1. The predicted molar refractivity (Wildman–Crippen MR) is 97.4 cm³/mol. The Hall–Kier alpha value is -1.52. The summed E-state index contributed by atoms with van der Waals surface area (Å²) in [7, 11) is 1.09. The van der Waals surface area contributed by atoms with E-state index in [0.29, 0.717) is 16.0 Å². The molecule has 0 spiro atoms. The van der Waals surface area contributed by atoms with E-state index in [1.807, 2.05) is 6.07 Å². The average Bonchev–Trinajstić information content (AvgIpc) is 3.05. The molecule has 0 aromatic carbocycles. The van der Waals surface area contributed by atoms with Crippen molar-refractivity contribution in [2.75, 3.05) is 52.2 Å². The molecule has 0 atom stereocenters. The molecule has 0 bridgehead atoms. The van der Waals surface area contributed by atoms with E-state index in [2.05, 4.69) is 48.7 Å². The number of hydrogen-bond donors (Lipinski definition) is 0. The molecule has 0 unspecified atom stereocenters. The van der Waals surface area contributed by atoms with Gasteiger partial charge in [-0.2, -0.15) is 0 Å². The van der Waals surface area contributed by atoms with Crippen LogP contribution in [0.2, 0.25) is 0 Å². The fourth-order valence-corrected chi connectivity index (χ4v) is 3.82. The molecule has 1 saturated heterocycles. The summed E-state index contributed by atoms with van der Waals surface area (Å²) in [6, 6.07) is 1.83. The molecule has 0 aliphatic carbocycles. The topological polar surface area (TPSA) is 96.7 Å². The zero-order valence-electron chi connectivity index (χ0n) is 14.8. The van der Waals surface area contributed by atoms with Crippen LogP contribution in [0.25, 0.3) is 11.4 Å². The van der Waals surface area contributed by atoms with Crippen LogP contribution in [0, 0.1) is 0 Å². The van der Waals surface area contributed by atoms with Crippen LogP contribution in [0.3, 0.4) is 0 Å². The van der Waals surface area contributed by atoms with Crippen LogP contribution in [-0.2, 0) is 14.6 Å². The molecule has 1 aliphatic rings. The first-order valence-electron chi connectivity index (χ1n) is 7.93. The van der Waals surface area contributed by atoms with Crippen molar-refractivity contribution in [1.29, 1.82) is 0 Å². The van der Waals surface area contributed by atoms with E-state index < -0.39 is 10.3 Å². The Balaban J connectivity index is 1.88. The van der Waals surface area contributed by atoms with Crippen molar-refractivity contribution in [2.45, 2.75) is 0 Å². The quantitative estimate of drug-likeness (QED) is 0.405. The average molecular weight is 441 g/mol. The van der Waals surface area contributed by atoms with Crippen LogP contribution in [-0.4, -0.2) is 101 Å². The third-order valence-electron chi connectivity index (χ3n) is 3.85. The molecule has 3 heterocycles. The number of aromatic nitrogens is 4. The maximum atomic E-state index is 12.1. The first kappa shape index (κ1) is 19.2. The van der Waals surface area contributed by atoms with E-state index in [4.69, 9.17) is 4.28 Å². The summed E-state index contributed by atoms with van der Waals surface area (Å²) in [5.74, 6) is 0.806. The maximum absolute atomic E-state index is 12.1. The molecule has 0 amide bonds. The SMILES string of the molecule is CN1CCN(c2cc(-c3cn(S(=O)(=O)ON(C)C)cn3)nc([As])n2)CC1. The Labute approximate surface area is 161 Å². The van der Waals surface area contributed by atoms with Crippen molar-refractivity contribution in [3.63, 3.8) is 0 Å². The van der Waals surface area contributed by atoms with Crippen molar-refractivity contribution < 1.29 is 12.7 Å². The number of hydrogen-bond acceptors (Lipinski definition) is 9. The van der Waals surface area contributed by atoms with Crippen LogP contribution in [0.5, 0.6) is 0 Å². The zero-order valence-corrected chi connectivity index (χ0v) is 17.5. The first-order valence-corrected chi connectivity index (χ1v) is 10.2. The Morgan fingerprint density at radius 3 is 2.50 bits per heavy atom. The fourth-order valence-electron chi connectivity index (χ4n) is 2.54. The summed E-state index contributed by atoms with van der Waals surface area (Å²) in [5.41, 5.74) is 0.990. The van der Waals surface area contributed by atoms with Gasteiger partial charge in [-0.05, 0) is 0 Å². The minimum atomic E-state index is -3.98. The molecule has 2 aromatic rings. The van der Waals surface area contributed by atoms with Gasteiger partial charge in [0.05, 0.1) is 0 Å². The van der Waals surface area contributed by atoms with Gasteiger partial charge < -0.3 is 0 Å². The summed E-state index contributed by atoms with van der Waals surface area (Å²) < 4.78 is 30.5. The second-order valence-electron chi connectivity index (χ2n) is 6.14. The summed E-state index contributed by atoms with van der Waals surface area (Å²) >= 11 is 2.32. The number of imidazole rings is 1. The Morgan fingerprint density at radius 1 is 1.15 bits per heavy atom. The van der Waals surface area contributed by atoms with E-state index in [0.717, 1.165) is 41.0 Å². The molecule has 2 aromatic heterocycles. The van der Waals surface area contributed by atoms with E-state index in [-0.39, 0.29) is 0 Å². The summed E-state index contributed by atoms with van der Waals surface area (Å²) in [4.78, 5) is 17.5. The number of anilines is 1. The van der Waals surface area contributed by atoms with Crippen molar-refractivity contribution in [3.05, 3.63) is 18.6 Å². The third-order valence-corrected chi connectivity index (χ3v) is 5.47. The fraction of sp³-hybridized carbons (Fsp3) is 0.500. The molecule has 1 aliphatic heterocycles. The van der Waals surface area contributed by atoms with Crippen molar-refractivity contribution in [3.8, 4) is 11.4 Å². The Bertz CT molecular complexity index is 878. The van der Waals surface area contributed by atoms with E-state index in [9.17, 15) is 8.42 Å². The monoisotopic (exact) mass is 441 g/mol. The van der Waals surface area contributed by atoms with E-state index in [1.165, 1.54) is 26.6 Å². The van der Waals surface area contributed by atoms with Gasteiger partial charge in [0.1, 0.15) is 0 Å². The van der Waals surface area contributed by atoms with Crippen LogP contribution in [0.1, 0.15) is 0 Å². The van der Waals surface area contributed by atoms with Gasteiger partial charge in [-0.25, -0.2) is 0 Å². The van der Waals surface area contributed by atoms with Gasteiger partial charge in [-0.3, -0.25) is 0 Å². The number of rotatable bonds is 5. The Kier molecular flexibility index (Phi) is 5.63. The van der Waals surface area contributed by atoms with E-state index >= 15 is 0 Å². The van der Waals surface area contributed by atoms with Crippen LogP contribution >= 0.6 is 0 Å². The van der Waals surface area contributed by atoms with Gasteiger partial charge in [0.15, 0.2) is 0 Å². The molecule has 10 nitrogen and oxygen atoms in total. The van der Waals surface area contributed by atoms with Crippen molar-refractivity contribution >= 4 is 37.6 Å². The third kappa shape index (κ3) is 4.41. The standard InChI is InChI=1S/C14H20AsN7O3S/c1-19(2)25-26(23,24)22-9-12(16-10-22)11-8-13(18-14(15)17-11)21-6-4-20(3)5-7-21/h8-10H,4-7H2,1-3H3. The number of likely N-dealkylation sites (N-methyl/N-ethyl adjacent to an activating group) is 1. The van der Waals surface area contributed by atoms with Crippen LogP contribution in [0.15, 0.2) is 18.6 Å². The zero-order chi connectivity index (χ0) is 18.9. The second-order valence-corrected chi connectivity index (χ2v) is 8.40. The molecule has 12 heteroatoms. The molecule has 140 valence electrons. The molecular formula is C14H20AsN7O3S. The molecule has 0 N–H and O–H groups in total. The molecular weight excluding hydrogens is 421 g/mol. The minimum absolute atomic E-state index is 0.431. The first-order chi connectivity index (χ1) is 12.2. The van der Waals surface area contributed by atoms with Gasteiger partial charge in [0, 0.05) is 0 Å². The summed E-state index contributed by atoms with van der Waals surface area (Å²) in [6.07, 6.45) is 2.57. The van der Waals surface area contributed by atoms with Crippen LogP contribution < -0.4 is 9.51 Å². The summed E-state index contributed by atoms with van der Waals surface area (Å²) in [6.45, 7) is 3.67. The molecule has 26 heavy (non-hydrogen) atoms. The normalized spacial score (nSPS) is 16.4. The molecule has 2 radical (unpaired) electrons. The summed E-state index contributed by atoms with van der Waals surface area (Å²) in [5, 5.41) is 1.10. The van der Waals surface area contributed by atoms with Gasteiger partial charge in [0.2, 0.25) is 0 Å². The molecule has 1 fully saturated rings. The van der Waals surface area contributed by atoms with Gasteiger partial charge >= 0.3 is 161 Å². The molecule has 3 rings (SSSR count). The van der Waals surface area contributed by atoms with Crippen molar-refractivity contribution in [2.24, 2.45) is 0 Å². The second kappa shape index (κ2) is 7.61. The molecule has 0 saturated carbocycles. The number of nitrogens with zero attached hydrogens (tertiary/aromatic N) is 7. The van der Waals surface area contributed by atoms with Gasteiger partial charge in [0.25, 0.3) is 0 Å². The van der Waals surface area contributed by atoms with Crippen molar-refractivity contribution in [1.82, 2.24) is 28.9 Å².